The van der Waals surface area contributed by atoms with Crippen LogP contribution < -0.4 is 10.0 Å². The Morgan fingerprint density at radius 1 is 1.17 bits per heavy atom. The minimum atomic E-state index is -3.11. The van der Waals surface area contributed by atoms with Gasteiger partial charge in [-0.2, -0.15) is 0 Å². The van der Waals surface area contributed by atoms with Crippen LogP contribution in [0, 0.1) is 5.92 Å². The van der Waals surface area contributed by atoms with Gasteiger partial charge in [-0.15, -0.1) is 0 Å². The van der Waals surface area contributed by atoms with Crippen LogP contribution in [0.3, 0.4) is 0 Å². The van der Waals surface area contributed by atoms with E-state index in [0.29, 0.717) is 25.0 Å². The van der Waals surface area contributed by atoms with Crippen LogP contribution in [0.15, 0.2) is 35.3 Å². The number of hydrogen-bond acceptors (Lipinski definition) is 4. The average Bonchev–Trinajstić information content (AvgIpc) is 2.77. The average molecular weight is 436 g/mol. The van der Waals surface area contributed by atoms with E-state index in [2.05, 4.69) is 55.2 Å². The second-order valence-corrected chi connectivity index (χ2v) is 10.4. The molecule has 8 heteroatoms. The minimum absolute atomic E-state index is 0.125. The lowest BCUT2D eigenvalue weighted by molar-refractivity contribution is 0.0372. The molecule has 0 spiro atoms. The van der Waals surface area contributed by atoms with Crippen molar-refractivity contribution in [1.82, 2.24) is 19.8 Å². The van der Waals surface area contributed by atoms with Crippen molar-refractivity contribution in [1.29, 1.82) is 0 Å². The van der Waals surface area contributed by atoms with Crippen molar-refractivity contribution in [2.45, 2.75) is 45.2 Å². The van der Waals surface area contributed by atoms with Gasteiger partial charge in [0.2, 0.25) is 10.0 Å². The topological polar surface area (TPSA) is 77.0 Å². The first-order chi connectivity index (χ1) is 14.5. The predicted octanol–water partition coefficient (Wildman–Crippen LogP) is 1.88. The lowest BCUT2D eigenvalue weighted by Crippen LogP contribution is -2.56. The molecule has 2 N–H and O–H groups in total. The van der Waals surface area contributed by atoms with Crippen molar-refractivity contribution in [3.8, 4) is 0 Å². The number of rotatable bonds is 8. The van der Waals surface area contributed by atoms with E-state index in [4.69, 9.17) is 0 Å². The second kappa shape index (κ2) is 11.1. The van der Waals surface area contributed by atoms with Gasteiger partial charge >= 0.3 is 0 Å². The molecule has 0 aromatic heterocycles. The Kier molecular flexibility index (Phi) is 8.53. The molecule has 0 saturated carbocycles. The molecule has 30 heavy (non-hydrogen) atoms. The summed E-state index contributed by atoms with van der Waals surface area (Å²) < 4.78 is 25.6. The van der Waals surface area contributed by atoms with E-state index in [1.807, 2.05) is 7.05 Å². The molecule has 2 heterocycles. The highest BCUT2D eigenvalue weighted by Crippen LogP contribution is 2.31. The summed E-state index contributed by atoms with van der Waals surface area (Å²) in [5.41, 5.74) is 1.40. The quantitative estimate of drug-likeness (QED) is 0.370. The molecule has 1 aromatic rings. The summed E-state index contributed by atoms with van der Waals surface area (Å²) in [5, 5.41) is 3.42. The maximum Gasteiger partial charge on any atom is 0.211 e. The fraction of sp³-hybridized carbons (Fsp3) is 0.682. The van der Waals surface area contributed by atoms with E-state index in [1.54, 1.807) is 6.92 Å². The molecule has 0 aliphatic carbocycles. The van der Waals surface area contributed by atoms with Gasteiger partial charge in [0.05, 0.1) is 5.75 Å². The number of benzene rings is 1. The maximum atomic E-state index is 11.5. The third-order valence-electron chi connectivity index (χ3n) is 6.26. The first kappa shape index (κ1) is 23.0. The van der Waals surface area contributed by atoms with Gasteiger partial charge in [0, 0.05) is 45.8 Å². The van der Waals surface area contributed by atoms with E-state index in [9.17, 15) is 8.42 Å². The normalized spacial score (nSPS) is 23.3. The number of nitrogens with one attached hydrogen (secondary N) is 2. The highest BCUT2D eigenvalue weighted by molar-refractivity contribution is 7.89. The summed E-state index contributed by atoms with van der Waals surface area (Å²) in [6, 6.07) is 11.4. The van der Waals surface area contributed by atoms with Gasteiger partial charge in [-0.05, 0) is 50.6 Å². The van der Waals surface area contributed by atoms with Crippen molar-refractivity contribution >= 4 is 16.0 Å². The molecular formula is C22H37N5O2S. The number of aliphatic imine (C=N–C) groups is 1. The minimum Gasteiger partial charge on any atom is -0.356 e. The van der Waals surface area contributed by atoms with E-state index in [-0.39, 0.29) is 5.75 Å². The molecule has 1 aromatic carbocycles. The van der Waals surface area contributed by atoms with E-state index >= 15 is 0 Å². The van der Waals surface area contributed by atoms with Gasteiger partial charge in [0.25, 0.3) is 0 Å². The first-order valence-corrected chi connectivity index (χ1v) is 12.9. The molecule has 7 nitrogen and oxygen atoms in total. The van der Waals surface area contributed by atoms with Gasteiger partial charge in [-0.3, -0.25) is 9.89 Å². The standard InChI is InChI=1S/C22H37N5O2S/c1-3-30(28,29)25-14-8-13-24-22(23-2)27-16-12-21-20(18-27)11-7-15-26(21)17-19-9-5-4-6-10-19/h4-6,9-10,20-21,25H,3,7-8,11-18H2,1-2H3,(H,23,24). The number of piperidine rings is 2. The first-order valence-electron chi connectivity index (χ1n) is 11.2. The van der Waals surface area contributed by atoms with Crippen molar-refractivity contribution in [2.24, 2.45) is 10.9 Å². The Bertz CT molecular complexity index is 784. The zero-order chi connectivity index (χ0) is 21.4. The lowest BCUT2D eigenvalue weighted by atomic mass is 9.83. The third kappa shape index (κ3) is 6.43. The van der Waals surface area contributed by atoms with Crippen LogP contribution in [0.2, 0.25) is 0 Å². The van der Waals surface area contributed by atoms with Crippen molar-refractivity contribution < 1.29 is 8.42 Å². The maximum absolute atomic E-state index is 11.5. The van der Waals surface area contributed by atoms with Crippen molar-refractivity contribution in [3.05, 3.63) is 35.9 Å². The predicted molar refractivity (Wildman–Crippen MR) is 123 cm³/mol. The fourth-order valence-electron chi connectivity index (χ4n) is 4.66. The molecular weight excluding hydrogens is 398 g/mol. The zero-order valence-corrected chi connectivity index (χ0v) is 19.2. The molecule has 2 fully saturated rings. The van der Waals surface area contributed by atoms with E-state index in [0.717, 1.165) is 38.4 Å². The van der Waals surface area contributed by atoms with Crippen LogP contribution >= 0.6 is 0 Å². The number of sulfonamides is 1. The smallest absolute Gasteiger partial charge is 0.211 e. The van der Waals surface area contributed by atoms with Crippen LogP contribution in [0.5, 0.6) is 0 Å². The molecule has 2 atom stereocenters. The van der Waals surface area contributed by atoms with Gasteiger partial charge in [-0.1, -0.05) is 30.3 Å². The molecule has 0 bridgehead atoms. The summed E-state index contributed by atoms with van der Waals surface area (Å²) in [4.78, 5) is 9.53. The van der Waals surface area contributed by atoms with Crippen LogP contribution in [-0.4, -0.2) is 75.7 Å². The Morgan fingerprint density at radius 3 is 2.70 bits per heavy atom. The Morgan fingerprint density at radius 2 is 1.97 bits per heavy atom. The molecule has 2 saturated heterocycles. The summed E-state index contributed by atoms with van der Waals surface area (Å²) in [5.74, 6) is 1.73. The SMILES string of the molecule is CCS(=O)(=O)NCCCNC(=NC)N1CCC2C(CCCN2Cc2ccccc2)C1. The largest absolute Gasteiger partial charge is 0.356 e. The Hall–Kier alpha value is -1.64. The number of guanidine groups is 1. The number of fused-ring (bicyclic) bond motifs is 1. The van der Waals surface area contributed by atoms with Crippen LogP contribution in [0.4, 0.5) is 0 Å². The number of hydrogen-bond donors (Lipinski definition) is 2. The highest BCUT2D eigenvalue weighted by atomic mass is 32.2. The summed E-state index contributed by atoms with van der Waals surface area (Å²) in [6.07, 6.45) is 4.44. The van der Waals surface area contributed by atoms with Crippen molar-refractivity contribution in [2.75, 3.05) is 45.5 Å². The molecule has 0 amide bonds. The number of likely N-dealkylation sites (tertiary alicyclic amines) is 2. The third-order valence-corrected chi connectivity index (χ3v) is 7.67. The lowest BCUT2D eigenvalue weighted by Gasteiger charge is -2.48. The van der Waals surface area contributed by atoms with E-state index in [1.165, 1.54) is 24.9 Å². The summed E-state index contributed by atoms with van der Waals surface area (Å²) in [6.45, 7) is 7.10. The zero-order valence-electron chi connectivity index (χ0n) is 18.4. The van der Waals surface area contributed by atoms with Crippen LogP contribution in [-0.2, 0) is 16.6 Å². The number of nitrogens with zero attached hydrogens (tertiary/aromatic N) is 3. The van der Waals surface area contributed by atoms with Crippen LogP contribution in [0.1, 0.15) is 38.2 Å². The van der Waals surface area contributed by atoms with Gasteiger partial charge in [0.1, 0.15) is 0 Å². The molecule has 2 unspecified atom stereocenters. The summed E-state index contributed by atoms with van der Waals surface area (Å²) in [7, 11) is -1.28. The monoisotopic (exact) mass is 435 g/mol. The van der Waals surface area contributed by atoms with Crippen molar-refractivity contribution in [3.63, 3.8) is 0 Å². The fourth-order valence-corrected chi connectivity index (χ4v) is 5.32. The Labute approximate surface area is 182 Å². The second-order valence-electron chi connectivity index (χ2n) is 8.29. The van der Waals surface area contributed by atoms with Gasteiger partial charge in [-0.25, -0.2) is 13.1 Å². The van der Waals surface area contributed by atoms with E-state index < -0.39 is 10.0 Å². The summed E-state index contributed by atoms with van der Waals surface area (Å²) >= 11 is 0. The molecule has 0 radical (unpaired) electrons. The van der Waals surface area contributed by atoms with Gasteiger partial charge in [0.15, 0.2) is 5.96 Å². The van der Waals surface area contributed by atoms with Gasteiger partial charge < -0.3 is 10.2 Å². The van der Waals surface area contributed by atoms with Crippen LogP contribution in [0.25, 0.3) is 0 Å². The molecule has 2 aliphatic rings. The molecule has 2 aliphatic heterocycles. The highest BCUT2D eigenvalue weighted by Gasteiger charge is 2.36. The Balaban J connectivity index is 1.47. The molecule has 3 rings (SSSR count). The molecule has 168 valence electrons.